The van der Waals surface area contributed by atoms with Gasteiger partial charge in [0.2, 0.25) is 0 Å². The summed E-state index contributed by atoms with van der Waals surface area (Å²) in [4.78, 5) is 16.4. The molecule has 0 aliphatic rings. The van der Waals surface area contributed by atoms with Gasteiger partial charge in [0.1, 0.15) is 22.9 Å². The molecule has 0 unspecified atom stereocenters. The smallest absolute Gasteiger partial charge is 0.413 e. The molecule has 0 bridgehead atoms. The van der Waals surface area contributed by atoms with Gasteiger partial charge in [-0.25, -0.2) is 18.9 Å². The largest absolute Gasteiger partial charge is 0.444 e. The van der Waals surface area contributed by atoms with Crippen LogP contribution in [0, 0.1) is 12.7 Å². The van der Waals surface area contributed by atoms with E-state index in [1.807, 2.05) is 6.92 Å². The predicted molar refractivity (Wildman–Crippen MR) is 127 cm³/mol. The fourth-order valence-corrected chi connectivity index (χ4v) is 3.26. The Morgan fingerprint density at radius 2 is 1.82 bits per heavy atom. The molecule has 0 aliphatic carbocycles. The Balaban J connectivity index is 1.77. The number of ether oxygens (including phenoxy) is 1. The van der Waals surface area contributed by atoms with Crippen molar-refractivity contribution in [2.24, 2.45) is 0 Å². The number of carbonyl (C=O) groups is 1. The van der Waals surface area contributed by atoms with E-state index in [9.17, 15) is 9.18 Å². The average molecular weight is 481 g/mol. The number of rotatable bonds is 4. The summed E-state index contributed by atoms with van der Waals surface area (Å²) in [6, 6.07) is 11.3. The molecule has 1 aromatic carbocycles. The lowest BCUT2D eigenvalue weighted by Crippen LogP contribution is -2.27. The number of nitrogens with one attached hydrogen (secondary N) is 1. The highest BCUT2D eigenvalue weighted by molar-refractivity contribution is 6.30. The fourth-order valence-electron chi connectivity index (χ4n) is 3.17. The van der Waals surface area contributed by atoms with Gasteiger partial charge in [-0.15, -0.1) is 10.2 Å². The molecule has 0 atom stereocenters. The van der Waals surface area contributed by atoms with Crippen LogP contribution >= 0.6 is 11.6 Å². The van der Waals surface area contributed by atoms with Gasteiger partial charge in [0, 0.05) is 23.5 Å². The van der Waals surface area contributed by atoms with E-state index >= 15 is 0 Å². The molecular weight excluding hydrogens is 459 g/mol. The van der Waals surface area contributed by atoms with Gasteiger partial charge in [-0.3, -0.25) is 5.32 Å². The molecule has 34 heavy (non-hydrogen) atoms. The van der Waals surface area contributed by atoms with Crippen molar-refractivity contribution in [3.8, 4) is 28.2 Å². The quantitative estimate of drug-likeness (QED) is 0.394. The van der Waals surface area contributed by atoms with Crippen LogP contribution in [-0.2, 0) is 4.74 Å². The van der Waals surface area contributed by atoms with Crippen LogP contribution in [0.5, 0.6) is 0 Å². The van der Waals surface area contributed by atoms with Crippen molar-refractivity contribution in [2.45, 2.75) is 33.3 Å². The second kappa shape index (κ2) is 9.18. The highest BCUT2D eigenvalue weighted by Crippen LogP contribution is 2.33. The van der Waals surface area contributed by atoms with Gasteiger partial charge in [0.15, 0.2) is 11.0 Å². The zero-order valence-corrected chi connectivity index (χ0v) is 19.8. The lowest BCUT2D eigenvalue weighted by atomic mass is 10.0. The highest BCUT2D eigenvalue weighted by atomic mass is 35.5. The minimum Gasteiger partial charge on any atom is -0.444 e. The lowest BCUT2D eigenvalue weighted by Gasteiger charge is -2.19. The topological polar surface area (TPSA) is 94.8 Å². The Hall–Kier alpha value is -3.85. The fraction of sp³-hybridized carbons (Fsp3) is 0.208. The minimum atomic E-state index is -0.643. The number of hydrogen-bond acceptors (Lipinski definition) is 6. The third kappa shape index (κ3) is 5.37. The third-order valence-electron chi connectivity index (χ3n) is 4.68. The van der Waals surface area contributed by atoms with Crippen LogP contribution in [-0.4, -0.2) is 36.7 Å². The molecular formula is C24H22ClFN6O2. The summed E-state index contributed by atoms with van der Waals surface area (Å²) >= 11 is 6.02. The van der Waals surface area contributed by atoms with E-state index in [1.165, 1.54) is 12.1 Å². The number of anilines is 1. The normalized spacial score (nSPS) is 11.4. The van der Waals surface area contributed by atoms with E-state index in [-0.39, 0.29) is 5.82 Å². The van der Waals surface area contributed by atoms with Crippen molar-refractivity contribution in [3.63, 3.8) is 0 Å². The molecule has 174 valence electrons. The first-order chi connectivity index (χ1) is 16.1. The zero-order chi connectivity index (χ0) is 24.5. The van der Waals surface area contributed by atoms with E-state index in [4.69, 9.17) is 16.3 Å². The van der Waals surface area contributed by atoms with Crippen LogP contribution in [0.1, 0.15) is 26.3 Å². The standard InChI is InChI=1S/C24H22ClFN6O2/c1-14-11-20(29-30-22(14)25)32-13-18(21(31-32)15-5-7-17(26)8-6-15)16-9-10-27-19(12-16)28-23(33)34-24(2,3)4/h5-13H,1-4H3,(H,27,28,33). The second-order valence-corrected chi connectivity index (χ2v) is 8.93. The van der Waals surface area contributed by atoms with Gasteiger partial charge in [0.25, 0.3) is 0 Å². The van der Waals surface area contributed by atoms with Crippen LogP contribution in [0.2, 0.25) is 5.15 Å². The van der Waals surface area contributed by atoms with Gasteiger partial charge in [-0.1, -0.05) is 11.6 Å². The number of benzene rings is 1. The van der Waals surface area contributed by atoms with Gasteiger partial charge < -0.3 is 4.74 Å². The molecule has 0 spiro atoms. The summed E-state index contributed by atoms with van der Waals surface area (Å²) < 4.78 is 20.4. The first kappa shape index (κ1) is 23.3. The summed E-state index contributed by atoms with van der Waals surface area (Å²) in [5.41, 5.74) is 2.84. The van der Waals surface area contributed by atoms with Crippen molar-refractivity contribution in [2.75, 3.05) is 5.32 Å². The Morgan fingerprint density at radius 3 is 2.50 bits per heavy atom. The monoisotopic (exact) mass is 480 g/mol. The number of pyridine rings is 1. The molecule has 0 saturated heterocycles. The van der Waals surface area contributed by atoms with Crippen LogP contribution in [0.15, 0.2) is 54.9 Å². The third-order valence-corrected chi connectivity index (χ3v) is 5.05. The van der Waals surface area contributed by atoms with Crippen molar-refractivity contribution >= 4 is 23.5 Å². The molecule has 3 aromatic heterocycles. The zero-order valence-electron chi connectivity index (χ0n) is 19.0. The van der Waals surface area contributed by atoms with Gasteiger partial charge in [-0.2, -0.15) is 5.10 Å². The van der Waals surface area contributed by atoms with Crippen molar-refractivity contribution in [3.05, 3.63) is 71.4 Å². The van der Waals surface area contributed by atoms with Crippen molar-refractivity contribution < 1.29 is 13.9 Å². The van der Waals surface area contributed by atoms with Crippen molar-refractivity contribution in [1.29, 1.82) is 0 Å². The van der Waals surface area contributed by atoms with E-state index in [0.717, 1.165) is 16.7 Å². The summed E-state index contributed by atoms with van der Waals surface area (Å²) in [5.74, 6) is 0.432. The van der Waals surface area contributed by atoms with Gasteiger partial charge in [0.05, 0.1) is 0 Å². The highest BCUT2D eigenvalue weighted by Gasteiger charge is 2.19. The molecule has 8 nitrogen and oxygen atoms in total. The SMILES string of the molecule is Cc1cc(-n2cc(-c3ccnc(NC(=O)OC(C)(C)C)c3)c(-c3ccc(F)cc3)n2)nnc1Cl. The first-order valence-electron chi connectivity index (χ1n) is 10.4. The Labute approximate surface area is 200 Å². The molecule has 10 heteroatoms. The number of hydrogen-bond donors (Lipinski definition) is 1. The molecule has 1 N–H and O–H groups in total. The number of halogens is 2. The number of nitrogens with zero attached hydrogens (tertiary/aromatic N) is 5. The van der Waals surface area contributed by atoms with Crippen LogP contribution < -0.4 is 5.32 Å². The van der Waals surface area contributed by atoms with E-state index in [1.54, 1.807) is 68.2 Å². The van der Waals surface area contributed by atoms with Gasteiger partial charge in [-0.05, 0) is 81.3 Å². The lowest BCUT2D eigenvalue weighted by molar-refractivity contribution is 0.0635. The van der Waals surface area contributed by atoms with E-state index < -0.39 is 11.7 Å². The van der Waals surface area contributed by atoms with Crippen molar-refractivity contribution in [1.82, 2.24) is 25.0 Å². The maximum atomic E-state index is 13.6. The first-order valence-corrected chi connectivity index (χ1v) is 10.8. The van der Waals surface area contributed by atoms with Gasteiger partial charge >= 0.3 is 6.09 Å². The molecule has 4 aromatic rings. The summed E-state index contributed by atoms with van der Waals surface area (Å²) in [6.07, 6.45) is 2.74. The molecule has 1 amide bonds. The molecule has 0 fully saturated rings. The summed E-state index contributed by atoms with van der Waals surface area (Å²) in [6.45, 7) is 7.16. The molecule has 0 aliphatic heterocycles. The minimum absolute atomic E-state index is 0.307. The molecule has 3 heterocycles. The van der Waals surface area contributed by atoms with Crippen LogP contribution in [0.25, 0.3) is 28.2 Å². The maximum absolute atomic E-state index is 13.6. The second-order valence-electron chi connectivity index (χ2n) is 8.58. The Bertz CT molecular complexity index is 1350. The predicted octanol–water partition coefficient (Wildman–Crippen LogP) is 5.84. The van der Waals surface area contributed by atoms with Crippen LogP contribution in [0.3, 0.4) is 0 Å². The number of aromatic nitrogens is 5. The number of aryl methyl sites for hydroxylation is 1. The van der Waals surface area contributed by atoms with Crippen LogP contribution in [0.4, 0.5) is 15.0 Å². The maximum Gasteiger partial charge on any atom is 0.413 e. The number of carbonyl (C=O) groups excluding carboxylic acids is 1. The Morgan fingerprint density at radius 1 is 1.09 bits per heavy atom. The van der Waals surface area contributed by atoms with E-state index in [0.29, 0.717) is 28.0 Å². The summed E-state index contributed by atoms with van der Waals surface area (Å²) in [5, 5.41) is 15.7. The molecule has 0 radical (unpaired) electrons. The molecule has 0 saturated carbocycles. The average Bonchev–Trinajstić information content (AvgIpc) is 3.20. The molecule has 4 rings (SSSR count). The summed E-state index contributed by atoms with van der Waals surface area (Å²) in [7, 11) is 0. The Kier molecular flexibility index (Phi) is 6.30. The van der Waals surface area contributed by atoms with E-state index in [2.05, 4.69) is 25.6 Å². The number of amides is 1.